The van der Waals surface area contributed by atoms with Gasteiger partial charge in [-0.05, 0) is 35.2 Å². The number of nitrogens with zero attached hydrogens (tertiary/aromatic N) is 4. The second kappa shape index (κ2) is 11.4. The summed E-state index contributed by atoms with van der Waals surface area (Å²) in [6.07, 6.45) is 2.16. The third-order valence-electron chi connectivity index (χ3n) is 5.62. The Labute approximate surface area is 209 Å². The molecule has 1 atom stereocenters. The molecular weight excluding hydrogens is 496 g/mol. The molecule has 2 aromatic carbocycles. The predicted octanol–water partition coefficient (Wildman–Crippen LogP) is 4.41. The first-order chi connectivity index (χ1) is 16.2. The number of hydrogen-bond acceptors (Lipinski definition) is 4. The largest absolute Gasteiger partial charge is 0.388 e. The van der Waals surface area contributed by atoms with Crippen LogP contribution in [-0.2, 0) is 17.8 Å². The Balaban J connectivity index is 2.12. The van der Waals surface area contributed by atoms with Gasteiger partial charge < -0.3 is 19.5 Å². The van der Waals surface area contributed by atoms with Gasteiger partial charge in [0.1, 0.15) is 5.82 Å². The Kier molecular flexibility index (Phi) is 8.63. The van der Waals surface area contributed by atoms with E-state index in [0.29, 0.717) is 43.1 Å². The van der Waals surface area contributed by atoms with E-state index in [1.807, 2.05) is 60.0 Å². The standard InChI is InChI=1S/C26H31BrN4O3/c1-5-8-22(33)20-11-6-9-18(13-20)15-23-28-25(30(4)17-32)24(26(34)29(2)3)31(23)16-19-10-7-12-21(27)14-19/h6-7,9-14,17,22,33H,5,8,15-16H2,1-4H3. The molecule has 0 fully saturated rings. The molecule has 8 heteroatoms. The molecule has 0 radical (unpaired) electrons. The first-order valence-electron chi connectivity index (χ1n) is 11.3. The molecule has 1 heterocycles. The second-order valence-corrected chi connectivity index (χ2v) is 9.47. The maximum Gasteiger partial charge on any atom is 0.273 e. The van der Waals surface area contributed by atoms with Crippen molar-refractivity contribution in [3.8, 4) is 0 Å². The highest BCUT2D eigenvalue weighted by Crippen LogP contribution is 2.26. The zero-order valence-electron chi connectivity index (χ0n) is 20.0. The average Bonchev–Trinajstić information content (AvgIpc) is 3.15. The molecule has 1 aromatic heterocycles. The highest BCUT2D eigenvalue weighted by atomic mass is 79.9. The van der Waals surface area contributed by atoms with Crippen molar-refractivity contribution in [2.75, 3.05) is 26.0 Å². The van der Waals surface area contributed by atoms with Gasteiger partial charge in [-0.3, -0.25) is 9.59 Å². The first-order valence-corrected chi connectivity index (χ1v) is 12.0. The van der Waals surface area contributed by atoms with E-state index in [2.05, 4.69) is 15.9 Å². The van der Waals surface area contributed by atoms with Crippen LogP contribution >= 0.6 is 15.9 Å². The fourth-order valence-electron chi connectivity index (χ4n) is 3.86. The van der Waals surface area contributed by atoms with Crippen molar-refractivity contribution in [1.82, 2.24) is 14.5 Å². The third-order valence-corrected chi connectivity index (χ3v) is 6.11. The molecule has 0 saturated carbocycles. The highest BCUT2D eigenvalue weighted by molar-refractivity contribution is 9.10. The third kappa shape index (κ3) is 5.93. The Bertz CT molecular complexity index is 1160. The molecule has 0 saturated heterocycles. The summed E-state index contributed by atoms with van der Waals surface area (Å²) in [5.74, 6) is 0.751. The van der Waals surface area contributed by atoms with Crippen LogP contribution in [0.25, 0.3) is 0 Å². The van der Waals surface area contributed by atoms with Gasteiger partial charge in [0.15, 0.2) is 11.5 Å². The van der Waals surface area contributed by atoms with Gasteiger partial charge in [0.05, 0.1) is 6.10 Å². The monoisotopic (exact) mass is 526 g/mol. The molecule has 3 rings (SSSR count). The van der Waals surface area contributed by atoms with Gasteiger partial charge in [-0.2, -0.15) is 0 Å². The number of carbonyl (C=O) groups is 2. The van der Waals surface area contributed by atoms with Gasteiger partial charge in [0.2, 0.25) is 6.41 Å². The van der Waals surface area contributed by atoms with Crippen LogP contribution in [0.3, 0.4) is 0 Å². The van der Waals surface area contributed by atoms with E-state index in [4.69, 9.17) is 4.98 Å². The highest BCUT2D eigenvalue weighted by Gasteiger charge is 2.27. The summed E-state index contributed by atoms with van der Waals surface area (Å²) in [6.45, 7) is 2.46. The number of carbonyl (C=O) groups excluding carboxylic acids is 2. The molecule has 1 unspecified atom stereocenters. The van der Waals surface area contributed by atoms with E-state index in [-0.39, 0.29) is 5.91 Å². The summed E-state index contributed by atoms with van der Waals surface area (Å²) in [5, 5.41) is 10.5. The zero-order valence-corrected chi connectivity index (χ0v) is 21.6. The van der Waals surface area contributed by atoms with Gasteiger partial charge in [0.25, 0.3) is 5.91 Å². The van der Waals surface area contributed by atoms with Crippen LogP contribution < -0.4 is 4.90 Å². The van der Waals surface area contributed by atoms with Gasteiger partial charge in [0, 0.05) is 38.6 Å². The molecule has 0 spiro atoms. The summed E-state index contributed by atoms with van der Waals surface area (Å²) in [4.78, 5) is 32.4. The molecule has 3 aromatic rings. The Morgan fingerprint density at radius 3 is 2.50 bits per heavy atom. The van der Waals surface area contributed by atoms with Crippen LogP contribution in [0.4, 0.5) is 5.82 Å². The molecule has 7 nitrogen and oxygen atoms in total. The fourth-order valence-corrected chi connectivity index (χ4v) is 4.31. The van der Waals surface area contributed by atoms with E-state index in [9.17, 15) is 14.7 Å². The molecule has 0 aliphatic heterocycles. The minimum Gasteiger partial charge on any atom is -0.388 e. The lowest BCUT2D eigenvalue weighted by Gasteiger charge is -2.17. The summed E-state index contributed by atoms with van der Waals surface area (Å²) < 4.78 is 2.82. The molecular formula is C26H31BrN4O3. The van der Waals surface area contributed by atoms with Crippen molar-refractivity contribution in [2.45, 2.75) is 38.8 Å². The lowest BCUT2D eigenvalue weighted by atomic mass is 10.0. The number of imidazole rings is 1. The minimum absolute atomic E-state index is 0.232. The SMILES string of the molecule is CCCC(O)c1cccc(Cc2nc(N(C)C=O)c(C(=O)N(C)C)n2Cc2cccc(Br)c2)c1. The van der Waals surface area contributed by atoms with E-state index >= 15 is 0 Å². The number of aliphatic hydroxyl groups excluding tert-OH is 1. The molecule has 1 N–H and O–H groups in total. The number of halogens is 1. The first kappa shape index (κ1) is 25.6. The van der Waals surface area contributed by atoms with Gasteiger partial charge in [-0.25, -0.2) is 4.98 Å². The summed E-state index contributed by atoms with van der Waals surface area (Å²) >= 11 is 3.51. The van der Waals surface area contributed by atoms with Crippen LogP contribution in [0.5, 0.6) is 0 Å². The molecule has 180 valence electrons. The van der Waals surface area contributed by atoms with Gasteiger partial charge >= 0.3 is 0 Å². The van der Waals surface area contributed by atoms with Crippen molar-refractivity contribution in [3.05, 3.63) is 81.2 Å². The fraction of sp³-hybridized carbons (Fsp3) is 0.346. The smallest absolute Gasteiger partial charge is 0.273 e. The van der Waals surface area contributed by atoms with E-state index in [1.54, 1.807) is 21.1 Å². The van der Waals surface area contributed by atoms with Crippen molar-refractivity contribution in [2.24, 2.45) is 0 Å². The summed E-state index contributed by atoms with van der Waals surface area (Å²) in [7, 11) is 4.96. The average molecular weight is 527 g/mol. The second-order valence-electron chi connectivity index (χ2n) is 8.56. The van der Waals surface area contributed by atoms with Gasteiger partial charge in [-0.15, -0.1) is 0 Å². The lowest BCUT2D eigenvalue weighted by molar-refractivity contribution is -0.107. The number of rotatable bonds is 10. The Morgan fingerprint density at radius 2 is 1.85 bits per heavy atom. The number of hydrogen-bond donors (Lipinski definition) is 1. The van der Waals surface area contributed by atoms with Crippen molar-refractivity contribution in [1.29, 1.82) is 0 Å². The summed E-state index contributed by atoms with van der Waals surface area (Å²) in [6, 6.07) is 15.7. The molecule has 34 heavy (non-hydrogen) atoms. The van der Waals surface area contributed by atoms with E-state index in [1.165, 1.54) is 9.80 Å². The van der Waals surface area contributed by atoms with Crippen LogP contribution in [0.1, 0.15) is 58.9 Å². The van der Waals surface area contributed by atoms with Crippen molar-refractivity contribution in [3.63, 3.8) is 0 Å². The van der Waals surface area contributed by atoms with Gasteiger partial charge in [-0.1, -0.05) is 65.7 Å². The van der Waals surface area contributed by atoms with Crippen molar-refractivity contribution >= 4 is 34.1 Å². The topological polar surface area (TPSA) is 78.7 Å². The zero-order chi connectivity index (χ0) is 24.8. The maximum atomic E-state index is 13.2. The lowest BCUT2D eigenvalue weighted by Crippen LogP contribution is -2.28. The van der Waals surface area contributed by atoms with Crippen LogP contribution in [0.15, 0.2) is 53.0 Å². The van der Waals surface area contributed by atoms with Crippen LogP contribution in [0.2, 0.25) is 0 Å². The molecule has 2 amide bonds. The number of amides is 2. The summed E-state index contributed by atoms with van der Waals surface area (Å²) in [5.41, 5.74) is 3.18. The minimum atomic E-state index is -0.519. The number of anilines is 1. The molecule has 0 aliphatic rings. The Morgan fingerprint density at radius 1 is 1.15 bits per heavy atom. The Hall–Kier alpha value is -2.97. The quantitative estimate of drug-likeness (QED) is 0.396. The number of aromatic nitrogens is 2. The van der Waals surface area contributed by atoms with E-state index in [0.717, 1.165) is 27.6 Å². The normalized spacial score (nSPS) is 11.8. The van der Waals surface area contributed by atoms with E-state index < -0.39 is 6.10 Å². The molecule has 0 aliphatic carbocycles. The predicted molar refractivity (Wildman–Crippen MR) is 137 cm³/mol. The molecule has 0 bridgehead atoms. The maximum absolute atomic E-state index is 13.2. The number of aliphatic hydroxyl groups is 1. The van der Waals surface area contributed by atoms with Crippen LogP contribution in [0, 0.1) is 0 Å². The van der Waals surface area contributed by atoms with Crippen LogP contribution in [-0.4, -0.2) is 53.0 Å². The van der Waals surface area contributed by atoms with Crippen molar-refractivity contribution < 1.29 is 14.7 Å². The number of benzene rings is 2.